The molecule has 0 atom stereocenters. The van der Waals surface area contributed by atoms with Gasteiger partial charge in [0.05, 0.1) is 23.4 Å². The number of pyridine rings is 1. The minimum absolute atomic E-state index is 0.0867. The number of fused-ring (bicyclic) bond motifs is 1. The Morgan fingerprint density at radius 2 is 1.47 bits per heavy atom. The molecular weight excluding hydrogens is 427 g/mol. The summed E-state index contributed by atoms with van der Waals surface area (Å²) in [4.78, 5) is 31.3. The summed E-state index contributed by atoms with van der Waals surface area (Å²) >= 11 is 6.05. The van der Waals surface area contributed by atoms with Crippen molar-refractivity contribution in [2.24, 2.45) is 0 Å². The smallest absolute Gasteiger partial charge is 0.261 e. The summed E-state index contributed by atoms with van der Waals surface area (Å²) in [6.07, 6.45) is 1.61. The highest BCUT2D eigenvalue weighted by Crippen LogP contribution is 2.33. The first kappa shape index (κ1) is 20.1. The summed E-state index contributed by atoms with van der Waals surface area (Å²) in [7, 11) is 0. The predicted octanol–water partition coefficient (Wildman–Crippen LogP) is 6.00. The van der Waals surface area contributed by atoms with Gasteiger partial charge in [0.2, 0.25) is 0 Å². The van der Waals surface area contributed by atoms with Gasteiger partial charge in [0.15, 0.2) is 0 Å². The van der Waals surface area contributed by atoms with E-state index in [-0.39, 0.29) is 24.2 Å². The molecule has 1 aliphatic rings. The van der Waals surface area contributed by atoms with Gasteiger partial charge in [-0.15, -0.1) is 0 Å². The summed E-state index contributed by atoms with van der Waals surface area (Å²) < 4.78 is 13.9. The molecule has 0 aliphatic carbocycles. The van der Waals surface area contributed by atoms with Gasteiger partial charge in [-0.25, -0.2) is 4.39 Å². The molecular formula is C26H16ClFN2O2. The van der Waals surface area contributed by atoms with Gasteiger partial charge in [-0.3, -0.25) is 19.5 Å². The fourth-order valence-corrected chi connectivity index (χ4v) is 4.00. The Morgan fingerprint density at radius 1 is 0.781 bits per heavy atom. The SMILES string of the molecule is O=C1c2ccccc2C(=O)N1Cc1cnc(-c2cccc(F)c2)c(-c2ccc(Cl)cc2)c1. The van der Waals surface area contributed by atoms with Crippen molar-refractivity contribution in [2.75, 3.05) is 0 Å². The monoisotopic (exact) mass is 442 g/mol. The number of nitrogens with zero attached hydrogens (tertiary/aromatic N) is 2. The number of hydrogen-bond donors (Lipinski definition) is 0. The largest absolute Gasteiger partial charge is 0.270 e. The molecule has 4 aromatic rings. The molecule has 0 unspecified atom stereocenters. The Labute approximate surface area is 188 Å². The maximum Gasteiger partial charge on any atom is 0.261 e. The zero-order valence-electron chi connectivity index (χ0n) is 16.8. The van der Waals surface area contributed by atoms with Crippen molar-refractivity contribution in [3.8, 4) is 22.4 Å². The molecule has 0 bridgehead atoms. The topological polar surface area (TPSA) is 50.3 Å². The quantitative estimate of drug-likeness (QED) is 0.364. The number of benzene rings is 3. The lowest BCUT2D eigenvalue weighted by Gasteiger charge is -2.16. The normalized spacial score (nSPS) is 12.9. The Morgan fingerprint density at radius 3 is 2.12 bits per heavy atom. The average molecular weight is 443 g/mol. The number of rotatable bonds is 4. The minimum Gasteiger partial charge on any atom is -0.270 e. The molecule has 156 valence electrons. The van der Waals surface area contributed by atoms with Crippen LogP contribution in [-0.4, -0.2) is 21.7 Å². The second kappa shape index (κ2) is 8.02. The van der Waals surface area contributed by atoms with Crippen LogP contribution in [0.3, 0.4) is 0 Å². The van der Waals surface area contributed by atoms with Crippen LogP contribution >= 0.6 is 11.6 Å². The highest BCUT2D eigenvalue weighted by Gasteiger charge is 2.35. The number of carbonyl (C=O) groups excluding carboxylic acids is 2. The van der Waals surface area contributed by atoms with E-state index in [4.69, 9.17) is 11.6 Å². The van der Waals surface area contributed by atoms with E-state index in [2.05, 4.69) is 4.98 Å². The Kier molecular flexibility index (Phi) is 5.04. The van der Waals surface area contributed by atoms with Crippen molar-refractivity contribution in [1.82, 2.24) is 9.88 Å². The Hall–Kier alpha value is -3.83. The van der Waals surface area contributed by atoms with Crippen molar-refractivity contribution in [3.63, 3.8) is 0 Å². The van der Waals surface area contributed by atoms with Crippen molar-refractivity contribution in [3.05, 3.63) is 113 Å². The standard InChI is InChI=1S/C26H16ClFN2O2/c27-19-10-8-17(9-11-19)23-12-16(14-29-24(23)18-4-3-5-20(28)13-18)15-30-25(31)21-6-1-2-7-22(21)26(30)32/h1-14H,15H2. The molecule has 0 N–H and O–H groups in total. The molecule has 2 amide bonds. The molecule has 1 aliphatic heterocycles. The van der Waals surface area contributed by atoms with Crippen LogP contribution in [0.2, 0.25) is 5.02 Å². The Balaban J connectivity index is 1.56. The van der Waals surface area contributed by atoms with E-state index in [0.717, 1.165) is 11.1 Å². The zero-order chi connectivity index (χ0) is 22.2. The van der Waals surface area contributed by atoms with Crippen molar-refractivity contribution in [2.45, 2.75) is 6.54 Å². The first-order valence-corrected chi connectivity index (χ1v) is 10.3. The number of imide groups is 1. The lowest BCUT2D eigenvalue weighted by molar-refractivity contribution is 0.0642. The maximum absolute atomic E-state index is 13.9. The lowest BCUT2D eigenvalue weighted by Crippen LogP contribution is -2.29. The van der Waals surface area contributed by atoms with Gasteiger partial charge in [0, 0.05) is 22.3 Å². The van der Waals surface area contributed by atoms with Gasteiger partial charge in [0.1, 0.15) is 5.82 Å². The van der Waals surface area contributed by atoms with Crippen LogP contribution < -0.4 is 0 Å². The van der Waals surface area contributed by atoms with Crippen molar-refractivity contribution < 1.29 is 14.0 Å². The van der Waals surface area contributed by atoms with Crippen molar-refractivity contribution in [1.29, 1.82) is 0 Å². The molecule has 5 rings (SSSR count). The molecule has 0 saturated carbocycles. The molecule has 0 radical (unpaired) electrons. The van der Waals surface area contributed by atoms with Crippen LogP contribution in [0, 0.1) is 5.82 Å². The third kappa shape index (κ3) is 3.57. The molecule has 1 aromatic heterocycles. The van der Waals surface area contributed by atoms with E-state index in [1.165, 1.54) is 17.0 Å². The Bertz CT molecular complexity index is 1330. The van der Waals surface area contributed by atoms with Crippen LogP contribution in [0.15, 0.2) is 85.1 Å². The minimum atomic E-state index is -0.360. The molecule has 3 aromatic carbocycles. The van der Waals surface area contributed by atoms with E-state index in [1.807, 2.05) is 18.2 Å². The van der Waals surface area contributed by atoms with Gasteiger partial charge in [-0.05, 0) is 53.6 Å². The van der Waals surface area contributed by atoms with Gasteiger partial charge < -0.3 is 0 Å². The number of hydrogen-bond acceptors (Lipinski definition) is 3. The van der Waals surface area contributed by atoms with Crippen LogP contribution in [0.1, 0.15) is 26.3 Å². The molecule has 0 saturated heterocycles. The van der Waals surface area contributed by atoms with Gasteiger partial charge in [0.25, 0.3) is 11.8 Å². The van der Waals surface area contributed by atoms with E-state index in [9.17, 15) is 14.0 Å². The van der Waals surface area contributed by atoms with E-state index < -0.39 is 0 Å². The highest BCUT2D eigenvalue weighted by molar-refractivity contribution is 6.30. The van der Waals surface area contributed by atoms with E-state index >= 15 is 0 Å². The predicted molar refractivity (Wildman–Crippen MR) is 121 cm³/mol. The number of halogens is 2. The summed E-state index contributed by atoms with van der Waals surface area (Å²) in [6.45, 7) is 0.0867. The second-order valence-electron chi connectivity index (χ2n) is 7.50. The van der Waals surface area contributed by atoms with Crippen LogP contribution in [0.25, 0.3) is 22.4 Å². The van der Waals surface area contributed by atoms with Crippen LogP contribution in [-0.2, 0) is 6.54 Å². The van der Waals surface area contributed by atoms with Crippen LogP contribution in [0.4, 0.5) is 4.39 Å². The zero-order valence-corrected chi connectivity index (χ0v) is 17.5. The molecule has 2 heterocycles. The van der Waals surface area contributed by atoms with E-state index in [1.54, 1.807) is 54.7 Å². The molecule has 0 fully saturated rings. The third-order valence-electron chi connectivity index (χ3n) is 5.42. The van der Waals surface area contributed by atoms with Crippen molar-refractivity contribution >= 4 is 23.4 Å². The fourth-order valence-electron chi connectivity index (χ4n) is 3.88. The molecule has 4 nitrogen and oxygen atoms in total. The highest BCUT2D eigenvalue weighted by atomic mass is 35.5. The molecule has 0 spiro atoms. The first-order chi connectivity index (χ1) is 15.5. The molecule has 6 heteroatoms. The summed E-state index contributed by atoms with van der Waals surface area (Å²) in [5.74, 6) is -1.01. The molecule has 32 heavy (non-hydrogen) atoms. The van der Waals surface area contributed by atoms with E-state index in [0.29, 0.717) is 33.0 Å². The fraction of sp³-hybridized carbons (Fsp3) is 0.0385. The number of amides is 2. The maximum atomic E-state index is 13.9. The first-order valence-electron chi connectivity index (χ1n) is 9.97. The number of carbonyl (C=O) groups is 2. The van der Waals surface area contributed by atoms with Crippen LogP contribution in [0.5, 0.6) is 0 Å². The summed E-state index contributed by atoms with van der Waals surface area (Å²) in [5.41, 5.74) is 4.30. The van der Waals surface area contributed by atoms with Gasteiger partial charge >= 0.3 is 0 Å². The van der Waals surface area contributed by atoms with Gasteiger partial charge in [-0.1, -0.05) is 48.0 Å². The average Bonchev–Trinajstić information content (AvgIpc) is 3.05. The third-order valence-corrected chi connectivity index (χ3v) is 5.67. The summed E-state index contributed by atoms with van der Waals surface area (Å²) in [6, 6.07) is 22.1. The summed E-state index contributed by atoms with van der Waals surface area (Å²) in [5, 5.41) is 0.594. The van der Waals surface area contributed by atoms with Gasteiger partial charge in [-0.2, -0.15) is 0 Å². The lowest BCUT2D eigenvalue weighted by atomic mass is 9.97. The second-order valence-corrected chi connectivity index (χ2v) is 7.94. The number of aromatic nitrogens is 1.